The van der Waals surface area contributed by atoms with Crippen LogP contribution in [0.3, 0.4) is 0 Å². The average molecular weight is 261 g/mol. The van der Waals surface area contributed by atoms with Gasteiger partial charge in [0.1, 0.15) is 11.5 Å². The predicted octanol–water partition coefficient (Wildman–Crippen LogP) is 2.61. The van der Waals surface area contributed by atoms with Crippen molar-refractivity contribution >= 4 is 15.9 Å². The Balaban J connectivity index is 3.12. The molecule has 3 nitrogen and oxygen atoms in total. The molecule has 0 unspecified atom stereocenters. The molecule has 0 atom stereocenters. The van der Waals surface area contributed by atoms with Crippen molar-refractivity contribution in [3.63, 3.8) is 0 Å². The summed E-state index contributed by atoms with van der Waals surface area (Å²) < 4.78 is 16.3. The SMILES string of the molecule is COCc1cc(OC)cc(OC)c1Br. The second kappa shape index (κ2) is 5.22. The van der Waals surface area contributed by atoms with Crippen molar-refractivity contribution in [2.75, 3.05) is 21.3 Å². The van der Waals surface area contributed by atoms with Crippen LogP contribution in [0.5, 0.6) is 11.5 Å². The maximum absolute atomic E-state index is 5.19. The quantitative estimate of drug-likeness (QED) is 0.833. The molecule has 0 saturated heterocycles. The number of hydrogen-bond donors (Lipinski definition) is 0. The fourth-order valence-electron chi connectivity index (χ4n) is 1.15. The molecule has 4 heteroatoms. The summed E-state index contributed by atoms with van der Waals surface area (Å²) in [5.41, 5.74) is 1.00. The van der Waals surface area contributed by atoms with Crippen molar-refractivity contribution in [1.82, 2.24) is 0 Å². The zero-order valence-corrected chi connectivity index (χ0v) is 10.1. The van der Waals surface area contributed by atoms with Crippen LogP contribution in [0.4, 0.5) is 0 Å². The average Bonchev–Trinajstić information content (AvgIpc) is 2.21. The molecule has 0 fully saturated rings. The Labute approximate surface area is 92.1 Å². The third-order valence-electron chi connectivity index (χ3n) is 1.84. The maximum atomic E-state index is 5.19. The van der Waals surface area contributed by atoms with E-state index >= 15 is 0 Å². The van der Waals surface area contributed by atoms with E-state index in [1.165, 1.54) is 0 Å². The molecule has 1 aromatic rings. The Hall–Kier alpha value is -0.740. The van der Waals surface area contributed by atoms with Gasteiger partial charge in [-0.05, 0) is 27.6 Å². The van der Waals surface area contributed by atoms with Crippen LogP contribution in [0.25, 0.3) is 0 Å². The van der Waals surface area contributed by atoms with E-state index in [0.717, 1.165) is 21.5 Å². The highest BCUT2D eigenvalue weighted by Crippen LogP contribution is 2.33. The molecular weight excluding hydrogens is 248 g/mol. The van der Waals surface area contributed by atoms with Gasteiger partial charge in [-0.25, -0.2) is 0 Å². The van der Waals surface area contributed by atoms with Crippen LogP contribution < -0.4 is 9.47 Å². The number of hydrogen-bond acceptors (Lipinski definition) is 3. The fraction of sp³-hybridized carbons (Fsp3) is 0.400. The van der Waals surface area contributed by atoms with Crippen molar-refractivity contribution in [3.8, 4) is 11.5 Å². The molecule has 1 aromatic carbocycles. The topological polar surface area (TPSA) is 27.7 Å². The van der Waals surface area contributed by atoms with Crippen molar-refractivity contribution < 1.29 is 14.2 Å². The largest absolute Gasteiger partial charge is 0.497 e. The summed E-state index contributed by atoms with van der Waals surface area (Å²) in [6.07, 6.45) is 0. The molecule has 0 aliphatic rings. The van der Waals surface area contributed by atoms with Crippen LogP contribution in [0.15, 0.2) is 16.6 Å². The van der Waals surface area contributed by atoms with Gasteiger partial charge in [0.25, 0.3) is 0 Å². The summed E-state index contributed by atoms with van der Waals surface area (Å²) in [7, 11) is 4.90. The van der Waals surface area contributed by atoms with Gasteiger partial charge in [-0.2, -0.15) is 0 Å². The minimum Gasteiger partial charge on any atom is -0.497 e. The highest BCUT2D eigenvalue weighted by atomic mass is 79.9. The van der Waals surface area contributed by atoms with Gasteiger partial charge < -0.3 is 14.2 Å². The van der Waals surface area contributed by atoms with E-state index in [-0.39, 0.29) is 0 Å². The Bertz CT molecular complexity index is 312. The molecule has 0 aromatic heterocycles. The molecule has 1 rings (SSSR count). The minimum absolute atomic E-state index is 0.522. The molecular formula is C10H13BrO3. The lowest BCUT2D eigenvalue weighted by Gasteiger charge is -2.11. The standard InChI is InChI=1S/C10H13BrO3/c1-12-6-7-4-8(13-2)5-9(14-3)10(7)11/h4-5H,6H2,1-3H3. The Morgan fingerprint density at radius 3 is 2.36 bits per heavy atom. The Kier molecular flexibility index (Phi) is 4.22. The lowest BCUT2D eigenvalue weighted by atomic mass is 10.2. The monoisotopic (exact) mass is 260 g/mol. The first-order valence-electron chi connectivity index (χ1n) is 4.12. The molecule has 0 bridgehead atoms. The molecule has 0 heterocycles. The molecule has 0 N–H and O–H groups in total. The number of halogens is 1. The number of benzene rings is 1. The smallest absolute Gasteiger partial charge is 0.137 e. The van der Waals surface area contributed by atoms with Crippen molar-refractivity contribution in [1.29, 1.82) is 0 Å². The summed E-state index contributed by atoms with van der Waals surface area (Å²) in [4.78, 5) is 0. The highest BCUT2D eigenvalue weighted by molar-refractivity contribution is 9.10. The van der Waals surface area contributed by atoms with Crippen LogP contribution >= 0.6 is 15.9 Å². The first-order valence-corrected chi connectivity index (χ1v) is 4.91. The van der Waals surface area contributed by atoms with Gasteiger partial charge in [-0.15, -0.1) is 0 Å². The molecule has 0 aliphatic carbocycles. The third kappa shape index (κ3) is 2.39. The third-order valence-corrected chi connectivity index (χ3v) is 2.74. The minimum atomic E-state index is 0.522. The van der Waals surface area contributed by atoms with E-state index < -0.39 is 0 Å². The van der Waals surface area contributed by atoms with Gasteiger partial charge in [0.2, 0.25) is 0 Å². The highest BCUT2D eigenvalue weighted by Gasteiger charge is 2.09. The van der Waals surface area contributed by atoms with Crippen LogP contribution in [0.2, 0.25) is 0 Å². The van der Waals surface area contributed by atoms with Gasteiger partial charge in [-0.1, -0.05) is 0 Å². The van der Waals surface area contributed by atoms with Gasteiger partial charge in [0, 0.05) is 13.2 Å². The van der Waals surface area contributed by atoms with E-state index in [1.807, 2.05) is 12.1 Å². The maximum Gasteiger partial charge on any atom is 0.137 e. The van der Waals surface area contributed by atoms with E-state index in [1.54, 1.807) is 21.3 Å². The second-order valence-corrected chi connectivity index (χ2v) is 3.53. The van der Waals surface area contributed by atoms with Crippen LogP contribution in [-0.4, -0.2) is 21.3 Å². The molecule has 14 heavy (non-hydrogen) atoms. The molecule has 0 saturated carbocycles. The van der Waals surface area contributed by atoms with Gasteiger partial charge in [-0.3, -0.25) is 0 Å². The van der Waals surface area contributed by atoms with Crippen molar-refractivity contribution in [2.24, 2.45) is 0 Å². The number of ether oxygens (including phenoxy) is 3. The van der Waals surface area contributed by atoms with Crippen LogP contribution in [0.1, 0.15) is 5.56 Å². The van der Waals surface area contributed by atoms with E-state index in [0.29, 0.717) is 6.61 Å². The van der Waals surface area contributed by atoms with Gasteiger partial charge in [0.15, 0.2) is 0 Å². The molecule has 0 aliphatic heterocycles. The summed E-state index contributed by atoms with van der Waals surface area (Å²) in [5, 5.41) is 0. The second-order valence-electron chi connectivity index (χ2n) is 2.74. The molecule has 78 valence electrons. The predicted molar refractivity (Wildman–Crippen MR) is 58.0 cm³/mol. The van der Waals surface area contributed by atoms with Crippen molar-refractivity contribution in [3.05, 3.63) is 22.2 Å². The summed E-state index contributed by atoms with van der Waals surface area (Å²) in [5.74, 6) is 1.51. The number of rotatable bonds is 4. The lowest BCUT2D eigenvalue weighted by molar-refractivity contribution is 0.183. The zero-order valence-electron chi connectivity index (χ0n) is 8.46. The van der Waals surface area contributed by atoms with E-state index in [4.69, 9.17) is 14.2 Å². The zero-order chi connectivity index (χ0) is 10.6. The molecule has 0 amide bonds. The van der Waals surface area contributed by atoms with Crippen LogP contribution in [0, 0.1) is 0 Å². The lowest BCUT2D eigenvalue weighted by Crippen LogP contribution is -1.95. The fourth-order valence-corrected chi connectivity index (χ4v) is 1.66. The van der Waals surface area contributed by atoms with Gasteiger partial charge in [0.05, 0.1) is 25.3 Å². The normalized spacial score (nSPS) is 10.0. The first kappa shape index (κ1) is 11.3. The van der Waals surface area contributed by atoms with E-state index in [9.17, 15) is 0 Å². The van der Waals surface area contributed by atoms with Gasteiger partial charge >= 0.3 is 0 Å². The summed E-state index contributed by atoms with van der Waals surface area (Å²) in [6.45, 7) is 0.522. The number of methoxy groups -OCH3 is 3. The molecule has 0 spiro atoms. The van der Waals surface area contributed by atoms with Crippen LogP contribution in [-0.2, 0) is 11.3 Å². The Morgan fingerprint density at radius 1 is 1.14 bits per heavy atom. The molecule has 0 radical (unpaired) electrons. The summed E-state index contributed by atoms with van der Waals surface area (Å²) in [6, 6.07) is 3.74. The van der Waals surface area contributed by atoms with E-state index in [2.05, 4.69) is 15.9 Å². The summed E-state index contributed by atoms with van der Waals surface area (Å²) >= 11 is 3.45. The van der Waals surface area contributed by atoms with Crippen molar-refractivity contribution in [2.45, 2.75) is 6.61 Å². The first-order chi connectivity index (χ1) is 6.72. The Morgan fingerprint density at radius 2 is 1.86 bits per heavy atom.